The number of aromatic nitrogens is 2. The Labute approximate surface area is 264 Å². The molecule has 1 aromatic heterocycles. The van der Waals surface area contributed by atoms with Crippen molar-refractivity contribution in [2.24, 2.45) is 5.41 Å². The van der Waals surface area contributed by atoms with E-state index in [4.69, 9.17) is 14.2 Å². The van der Waals surface area contributed by atoms with Crippen molar-refractivity contribution < 1.29 is 32.0 Å². The van der Waals surface area contributed by atoms with Gasteiger partial charge >= 0.3 is 0 Å². The quantitative estimate of drug-likeness (QED) is 0.148. The first kappa shape index (κ1) is 41.2. The molecule has 1 heterocycles. The van der Waals surface area contributed by atoms with E-state index in [9.17, 15) is 18.4 Å². The van der Waals surface area contributed by atoms with Gasteiger partial charge in [0, 0.05) is 30.2 Å². The number of hydrogen-bond acceptors (Lipinski definition) is 7. The number of imidazole rings is 1. The Bertz CT molecular complexity index is 1270. The second kappa shape index (κ2) is 17.1. The van der Waals surface area contributed by atoms with Crippen molar-refractivity contribution in [2.75, 3.05) is 44.5 Å². The Balaban J connectivity index is 0.000000976. The largest absolute Gasteiger partial charge is 0.468 e. The van der Waals surface area contributed by atoms with Crippen molar-refractivity contribution in [3.8, 4) is 6.07 Å². The molecule has 0 fully saturated rings. The van der Waals surface area contributed by atoms with Crippen LogP contribution < -0.4 is 4.90 Å². The zero-order valence-electron chi connectivity index (χ0n) is 29.2. The fourth-order valence-corrected chi connectivity index (χ4v) is 4.50. The molecule has 0 aliphatic rings. The first-order chi connectivity index (χ1) is 20.1. The number of carbonyl (C=O) groups excluding carboxylic acids is 2. The molecule has 252 valence electrons. The minimum absolute atomic E-state index is 0.0755. The standard InChI is InChI=1S/C20H26F2N4O2.C10H22O3S.C2H6/c1-19(2,3)9-14(27)25(11-28-7)18-24-16-13(21)8-12(10-23)15(22)17(16)26(18)20(4,5)6;1-10(2,3)14(4,5)13-8-6-7-12-9-11;1-2/h8H,9,11H2,1-7H3;9H,6-8H2,1-5H3;1-2H3. The summed E-state index contributed by atoms with van der Waals surface area (Å²) in [7, 11) is 0.398. The van der Waals surface area contributed by atoms with E-state index in [0.717, 1.165) is 12.5 Å². The van der Waals surface area contributed by atoms with Crippen LogP contribution in [0, 0.1) is 28.4 Å². The highest BCUT2D eigenvalue weighted by Gasteiger charge is 2.33. The maximum Gasteiger partial charge on any atom is 0.293 e. The fourth-order valence-electron chi connectivity index (χ4n) is 3.62. The Morgan fingerprint density at radius 1 is 1.09 bits per heavy atom. The van der Waals surface area contributed by atoms with Crippen molar-refractivity contribution in [3.05, 3.63) is 23.3 Å². The Morgan fingerprint density at radius 3 is 2.09 bits per heavy atom. The summed E-state index contributed by atoms with van der Waals surface area (Å²) in [6.07, 6.45) is 5.28. The molecular formula is C32H54F2N4O5S. The van der Waals surface area contributed by atoms with E-state index in [1.807, 2.05) is 34.6 Å². The molecule has 1 aromatic carbocycles. The SMILES string of the molecule is CC.CC(C)(C)S(C)(C)OCCCOC=O.COCN(C(=O)CC(C)(C)C)c1nc2c(F)cc(C#N)c(F)c2n1C(C)(C)C. The molecule has 0 spiro atoms. The molecule has 2 aromatic rings. The molecule has 0 saturated heterocycles. The average Bonchev–Trinajstić information content (AvgIpc) is 3.31. The van der Waals surface area contributed by atoms with Gasteiger partial charge in [0.05, 0.1) is 18.8 Å². The predicted octanol–water partition coefficient (Wildman–Crippen LogP) is 7.68. The van der Waals surface area contributed by atoms with Crippen molar-refractivity contribution in [1.29, 1.82) is 5.26 Å². The summed E-state index contributed by atoms with van der Waals surface area (Å²) in [6, 6.07) is 2.48. The molecule has 1 amide bonds. The third-order valence-corrected chi connectivity index (χ3v) is 10.1. The molecule has 0 radical (unpaired) electrons. The van der Waals surface area contributed by atoms with Crippen LogP contribution in [0.3, 0.4) is 0 Å². The van der Waals surface area contributed by atoms with Gasteiger partial charge in [-0.1, -0.05) is 55.4 Å². The number of halogens is 2. The number of nitriles is 1. The molecule has 9 nitrogen and oxygen atoms in total. The Kier molecular flexibility index (Phi) is 16.0. The third-order valence-electron chi connectivity index (χ3n) is 6.40. The van der Waals surface area contributed by atoms with E-state index in [1.54, 1.807) is 26.8 Å². The van der Waals surface area contributed by atoms with Crippen LogP contribution >= 0.6 is 10.3 Å². The smallest absolute Gasteiger partial charge is 0.293 e. The van der Waals surface area contributed by atoms with Gasteiger partial charge in [0.1, 0.15) is 23.8 Å². The molecular weight excluding hydrogens is 590 g/mol. The summed E-state index contributed by atoms with van der Waals surface area (Å²) in [5.74, 6) is -1.89. The van der Waals surface area contributed by atoms with Crippen LogP contribution in [0.5, 0.6) is 0 Å². The number of ether oxygens (including phenoxy) is 2. The van der Waals surface area contributed by atoms with Crippen LogP contribution in [0.2, 0.25) is 0 Å². The minimum atomic E-state index is -1.03. The fraction of sp³-hybridized carbons (Fsp3) is 0.688. The Hall–Kier alpha value is -2.75. The van der Waals surface area contributed by atoms with Crippen LogP contribution in [0.25, 0.3) is 11.0 Å². The van der Waals surface area contributed by atoms with E-state index < -0.39 is 33.0 Å². The van der Waals surface area contributed by atoms with Gasteiger partial charge in [0.15, 0.2) is 11.6 Å². The number of amides is 1. The number of hydrogen-bond donors (Lipinski definition) is 0. The van der Waals surface area contributed by atoms with E-state index in [-0.39, 0.29) is 46.2 Å². The van der Waals surface area contributed by atoms with E-state index in [2.05, 4.69) is 43.0 Å². The molecule has 0 unspecified atom stereocenters. The molecule has 0 atom stereocenters. The van der Waals surface area contributed by atoms with Crippen LogP contribution in [-0.4, -0.2) is 66.2 Å². The summed E-state index contributed by atoms with van der Waals surface area (Å²) in [4.78, 5) is 28.3. The first-order valence-electron chi connectivity index (χ1n) is 14.7. The van der Waals surface area contributed by atoms with Gasteiger partial charge in [-0.05, 0) is 44.8 Å². The van der Waals surface area contributed by atoms with Crippen molar-refractivity contribution in [2.45, 2.75) is 99.3 Å². The average molecular weight is 645 g/mol. The van der Waals surface area contributed by atoms with Crippen LogP contribution in [0.4, 0.5) is 14.7 Å². The van der Waals surface area contributed by atoms with E-state index in [1.165, 1.54) is 16.6 Å². The van der Waals surface area contributed by atoms with E-state index >= 15 is 0 Å². The van der Waals surface area contributed by atoms with Crippen LogP contribution in [0.15, 0.2) is 6.07 Å². The van der Waals surface area contributed by atoms with Gasteiger partial charge in [-0.25, -0.2) is 13.8 Å². The van der Waals surface area contributed by atoms with Gasteiger partial charge in [-0.15, -0.1) is 10.3 Å². The summed E-state index contributed by atoms with van der Waals surface area (Å²) in [5, 5.41) is 9.14. The summed E-state index contributed by atoms with van der Waals surface area (Å²) >= 11 is 0. The maximum atomic E-state index is 15.0. The molecule has 0 aliphatic carbocycles. The molecule has 0 saturated carbocycles. The van der Waals surface area contributed by atoms with Crippen molar-refractivity contribution >= 4 is 39.7 Å². The molecule has 0 aliphatic heterocycles. The lowest BCUT2D eigenvalue weighted by Gasteiger charge is -2.43. The van der Waals surface area contributed by atoms with Gasteiger partial charge in [0.2, 0.25) is 11.9 Å². The summed E-state index contributed by atoms with van der Waals surface area (Å²) in [6.45, 7) is 23.1. The van der Waals surface area contributed by atoms with Crippen molar-refractivity contribution in [3.63, 3.8) is 0 Å². The lowest BCUT2D eigenvalue weighted by atomic mass is 9.92. The monoisotopic (exact) mass is 644 g/mol. The topological polar surface area (TPSA) is 107 Å². The minimum Gasteiger partial charge on any atom is -0.468 e. The maximum absolute atomic E-state index is 15.0. The highest BCUT2D eigenvalue weighted by atomic mass is 32.3. The lowest BCUT2D eigenvalue weighted by Crippen LogP contribution is -2.39. The normalized spacial score (nSPS) is 12.3. The van der Waals surface area contributed by atoms with Gasteiger partial charge in [-0.2, -0.15) is 5.26 Å². The number of nitrogens with zero attached hydrogens (tertiary/aromatic N) is 4. The Morgan fingerprint density at radius 2 is 1.66 bits per heavy atom. The van der Waals surface area contributed by atoms with Crippen LogP contribution in [-0.2, 0) is 28.8 Å². The van der Waals surface area contributed by atoms with Crippen LogP contribution in [0.1, 0.15) is 94.6 Å². The summed E-state index contributed by atoms with van der Waals surface area (Å²) < 4.78 is 46.8. The number of anilines is 1. The van der Waals surface area contributed by atoms with Gasteiger partial charge in [-0.3, -0.25) is 14.5 Å². The number of rotatable bonds is 10. The molecule has 0 bridgehead atoms. The third kappa shape index (κ3) is 11.6. The van der Waals surface area contributed by atoms with Crippen molar-refractivity contribution in [1.82, 2.24) is 9.55 Å². The number of methoxy groups -OCH3 is 1. The zero-order chi connectivity index (χ0) is 34.7. The van der Waals surface area contributed by atoms with Gasteiger partial charge in [0.25, 0.3) is 6.47 Å². The highest BCUT2D eigenvalue weighted by Crippen LogP contribution is 2.53. The highest BCUT2D eigenvalue weighted by molar-refractivity contribution is 8.29. The molecule has 44 heavy (non-hydrogen) atoms. The second-order valence-electron chi connectivity index (χ2n) is 13.4. The molecule has 2 rings (SSSR count). The number of fused-ring (bicyclic) bond motifs is 1. The first-order valence-corrected chi connectivity index (χ1v) is 17.0. The molecule has 12 heteroatoms. The number of carbonyl (C=O) groups is 2. The predicted molar refractivity (Wildman–Crippen MR) is 176 cm³/mol. The van der Waals surface area contributed by atoms with E-state index in [0.29, 0.717) is 19.7 Å². The number of benzene rings is 1. The molecule has 0 N–H and O–H groups in total. The lowest BCUT2D eigenvalue weighted by molar-refractivity contribution is -0.129. The zero-order valence-corrected chi connectivity index (χ0v) is 30.0. The second-order valence-corrected chi connectivity index (χ2v) is 17.3. The summed E-state index contributed by atoms with van der Waals surface area (Å²) in [5.41, 5.74) is -1.85. The van der Waals surface area contributed by atoms with Gasteiger partial charge < -0.3 is 18.2 Å².